The van der Waals surface area contributed by atoms with E-state index in [0.717, 1.165) is 25.7 Å². The molecule has 5 N–H and O–H groups in total. The Balaban J connectivity index is 1.59. The lowest BCUT2D eigenvalue weighted by atomic mass is 9.94. The number of fused-ring (bicyclic) bond motifs is 2. The van der Waals surface area contributed by atoms with Crippen LogP contribution in [-0.2, 0) is 9.53 Å². The summed E-state index contributed by atoms with van der Waals surface area (Å²) in [6, 6.07) is 0. The van der Waals surface area contributed by atoms with E-state index in [1.54, 1.807) is 13.8 Å². The van der Waals surface area contributed by atoms with E-state index in [2.05, 4.69) is 21.9 Å². The zero-order valence-electron chi connectivity index (χ0n) is 18.2. The molecule has 2 aliphatic rings. The highest BCUT2D eigenvalue weighted by Crippen LogP contribution is 2.76. The standard InChI is InChI=1S/C21H31N5O5/c1-4-5-6-7-8-9-12(27)14(28)15-20(29)19(2,3)21(20,30)18(31-15)26-11-25-13-16(22)23-10-24-17(13)26/h10-11,14-15,18,28-30H,4-9H2,1-3H3,(H2,22,23,24)/t14?,15-,18-,20+,21-/m1/s1. The Hall–Kier alpha value is -2.14. The van der Waals surface area contributed by atoms with Crippen LogP contribution in [0.15, 0.2) is 12.7 Å². The number of Topliss-reactive ketones (excluding diaryl/α,β-unsaturated/α-hetero) is 1. The summed E-state index contributed by atoms with van der Waals surface area (Å²) in [5, 5.41) is 33.6. The van der Waals surface area contributed by atoms with Crippen molar-refractivity contribution in [3.05, 3.63) is 12.7 Å². The van der Waals surface area contributed by atoms with Crippen LogP contribution in [-0.4, -0.2) is 64.0 Å². The van der Waals surface area contributed by atoms with Crippen LogP contribution in [0.4, 0.5) is 5.82 Å². The third-order valence-corrected chi connectivity index (χ3v) is 7.25. The Labute approximate surface area is 180 Å². The van der Waals surface area contributed by atoms with E-state index in [0.29, 0.717) is 17.6 Å². The van der Waals surface area contributed by atoms with Crippen molar-refractivity contribution in [2.45, 2.75) is 88.9 Å². The van der Waals surface area contributed by atoms with Crippen molar-refractivity contribution >= 4 is 22.8 Å². The number of carbonyl (C=O) groups is 1. The van der Waals surface area contributed by atoms with Crippen LogP contribution in [0, 0.1) is 5.41 Å². The number of rotatable bonds is 9. The third kappa shape index (κ3) is 2.85. The van der Waals surface area contributed by atoms with Gasteiger partial charge in [-0.2, -0.15) is 0 Å². The Morgan fingerprint density at radius 2 is 1.90 bits per heavy atom. The number of hydrogen-bond acceptors (Lipinski definition) is 9. The first kappa shape index (κ1) is 22.1. The molecule has 0 spiro atoms. The minimum atomic E-state index is -1.81. The molecule has 2 aromatic heterocycles. The van der Waals surface area contributed by atoms with Gasteiger partial charge in [0.05, 0.1) is 6.33 Å². The molecule has 2 aromatic rings. The molecule has 5 atom stereocenters. The first-order chi connectivity index (χ1) is 14.6. The van der Waals surface area contributed by atoms with Crippen LogP contribution in [0.5, 0.6) is 0 Å². The zero-order valence-corrected chi connectivity index (χ0v) is 18.2. The van der Waals surface area contributed by atoms with Gasteiger partial charge in [-0.15, -0.1) is 0 Å². The number of nitrogens with zero attached hydrogens (tertiary/aromatic N) is 4. The molecular weight excluding hydrogens is 402 g/mol. The molecule has 4 rings (SSSR count). The average Bonchev–Trinajstić information content (AvgIpc) is 3.11. The lowest BCUT2D eigenvalue weighted by Gasteiger charge is -2.29. The number of nitrogens with two attached hydrogens (primary N) is 1. The largest absolute Gasteiger partial charge is 0.383 e. The first-order valence-electron chi connectivity index (χ1n) is 10.9. The Morgan fingerprint density at radius 3 is 2.61 bits per heavy atom. The molecule has 2 fully saturated rings. The van der Waals surface area contributed by atoms with E-state index in [4.69, 9.17) is 10.5 Å². The zero-order chi connectivity index (χ0) is 22.6. The van der Waals surface area contributed by atoms with Gasteiger partial charge < -0.3 is 25.8 Å². The van der Waals surface area contributed by atoms with E-state index in [9.17, 15) is 20.1 Å². The number of unbranched alkanes of at least 4 members (excludes halogenated alkanes) is 4. The molecule has 0 aromatic carbocycles. The van der Waals surface area contributed by atoms with Crippen molar-refractivity contribution in [1.82, 2.24) is 19.5 Å². The molecular formula is C21H31N5O5. The van der Waals surface area contributed by atoms with E-state index < -0.39 is 40.8 Å². The molecule has 10 nitrogen and oxygen atoms in total. The van der Waals surface area contributed by atoms with Crippen LogP contribution in [0.2, 0.25) is 0 Å². The second kappa shape index (κ2) is 7.47. The summed E-state index contributed by atoms with van der Waals surface area (Å²) in [6.45, 7) is 5.48. The van der Waals surface area contributed by atoms with Crippen molar-refractivity contribution in [3.63, 3.8) is 0 Å². The van der Waals surface area contributed by atoms with Gasteiger partial charge >= 0.3 is 0 Å². The fourth-order valence-electron chi connectivity index (χ4n) is 5.13. The normalized spacial score (nSPS) is 32.2. The minimum Gasteiger partial charge on any atom is -0.383 e. The molecule has 1 aliphatic heterocycles. The number of carbonyl (C=O) groups excluding carboxylic acids is 1. The number of hydrogen-bond donors (Lipinski definition) is 4. The van der Waals surface area contributed by atoms with Crippen LogP contribution in [0.3, 0.4) is 0 Å². The average molecular weight is 434 g/mol. The summed E-state index contributed by atoms with van der Waals surface area (Å²) in [7, 11) is 0. The lowest BCUT2D eigenvalue weighted by molar-refractivity contribution is -0.160. The van der Waals surface area contributed by atoms with Gasteiger partial charge in [0.15, 0.2) is 23.5 Å². The lowest BCUT2D eigenvalue weighted by Crippen LogP contribution is -2.46. The highest BCUT2D eigenvalue weighted by molar-refractivity contribution is 5.84. The maximum atomic E-state index is 12.7. The number of ketones is 1. The van der Waals surface area contributed by atoms with Gasteiger partial charge in [-0.3, -0.25) is 9.36 Å². The van der Waals surface area contributed by atoms with Gasteiger partial charge in [0, 0.05) is 11.8 Å². The summed E-state index contributed by atoms with van der Waals surface area (Å²) in [4.78, 5) is 24.9. The second-order valence-corrected chi connectivity index (χ2v) is 9.23. The molecule has 0 radical (unpaired) electrons. The molecule has 0 amide bonds. The van der Waals surface area contributed by atoms with E-state index in [1.165, 1.54) is 17.2 Å². The highest BCUT2D eigenvalue weighted by Gasteiger charge is 2.93. The molecule has 1 saturated heterocycles. The van der Waals surface area contributed by atoms with Gasteiger partial charge in [-0.25, -0.2) is 15.0 Å². The molecule has 1 aliphatic carbocycles. The highest BCUT2D eigenvalue weighted by atomic mass is 16.6. The molecule has 0 bridgehead atoms. The van der Waals surface area contributed by atoms with Crippen LogP contribution in [0.25, 0.3) is 11.2 Å². The van der Waals surface area contributed by atoms with Crippen LogP contribution < -0.4 is 5.73 Å². The number of ether oxygens (including phenoxy) is 1. The summed E-state index contributed by atoms with van der Waals surface area (Å²) in [5.74, 6) is -0.225. The van der Waals surface area contributed by atoms with Crippen LogP contribution in [0.1, 0.15) is 65.5 Å². The monoisotopic (exact) mass is 433 g/mol. The fraction of sp³-hybridized carbons (Fsp3) is 0.714. The number of imidazole rings is 1. The topological polar surface area (TPSA) is 157 Å². The Bertz CT molecular complexity index is 994. The van der Waals surface area contributed by atoms with E-state index in [-0.39, 0.29) is 12.2 Å². The Kier molecular flexibility index (Phi) is 5.32. The van der Waals surface area contributed by atoms with Crippen LogP contribution >= 0.6 is 0 Å². The summed E-state index contributed by atoms with van der Waals surface area (Å²) in [6.07, 6.45) is 3.75. The van der Waals surface area contributed by atoms with Crippen molar-refractivity contribution in [2.24, 2.45) is 5.41 Å². The van der Waals surface area contributed by atoms with Gasteiger partial charge in [0.1, 0.15) is 35.3 Å². The molecule has 3 heterocycles. The third-order valence-electron chi connectivity index (χ3n) is 7.25. The second-order valence-electron chi connectivity index (χ2n) is 9.23. The molecule has 10 heteroatoms. The number of aromatic nitrogens is 4. The molecule has 170 valence electrons. The maximum Gasteiger partial charge on any atom is 0.169 e. The number of anilines is 1. The Morgan fingerprint density at radius 1 is 1.19 bits per heavy atom. The quantitative estimate of drug-likeness (QED) is 0.425. The maximum absolute atomic E-state index is 12.7. The van der Waals surface area contributed by atoms with Crippen molar-refractivity contribution in [2.75, 3.05) is 5.73 Å². The fourth-order valence-corrected chi connectivity index (χ4v) is 5.13. The predicted octanol–water partition coefficient (Wildman–Crippen LogP) is 1.10. The van der Waals surface area contributed by atoms with Crippen molar-refractivity contribution < 1.29 is 24.9 Å². The molecule has 1 unspecified atom stereocenters. The van der Waals surface area contributed by atoms with Gasteiger partial charge in [-0.05, 0) is 6.42 Å². The van der Waals surface area contributed by atoms with Crippen molar-refractivity contribution in [1.29, 1.82) is 0 Å². The van der Waals surface area contributed by atoms with E-state index >= 15 is 0 Å². The number of aliphatic hydroxyl groups is 3. The predicted molar refractivity (Wildman–Crippen MR) is 112 cm³/mol. The molecule has 1 saturated carbocycles. The summed E-state index contributed by atoms with van der Waals surface area (Å²) >= 11 is 0. The van der Waals surface area contributed by atoms with Gasteiger partial charge in [0.25, 0.3) is 0 Å². The molecule has 31 heavy (non-hydrogen) atoms. The smallest absolute Gasteiger partial charge is 0.169 e. The summed E-state index contributed by atoms with van der Waals surface area (Å²) < 4.78 is 7.40. The van der Waals surface area contributed by atoms with Gasteiger partial charge in [0.2, 0.25) is 0 Å². The SMILES string of the molecule is CCCCCCCC(=O)C(O)[C@H]1O[C@@H](n2cnc3c(N)ncnc32)[C@@]2(O)C(C)(C)[C@@]12O. The van der Waals surface area contributed by atoms with Gasteiger partial charge in [-0.1, -0.05) is 46.5 Å². The van der Waals surface area contributed by atoms with Crippen molar-refractivity contribution in [3.8, 4) is 0 Å². The number of nitrogen functional groups attached to an aromatic ring is 1. The summed E-state index contributed by atoms with van der Waals surface area (Å²) in [5.41, 5.74) is 1.92. The minimum absolute atomic E-state index is 0.175. The number of aliphatic hydroxyl groups excluding tert-OH is 1. The van der Waals surface area contributed by atoms with E-state index in [1.807, 2.05) is 0 Å². The first-order valence-corrected chi connectivity index (χ1v) is 10.9.